The third-order valence-corrected chi connectivity index (χ3v) is 2.93. The summed E-state index contributed by atoms with van der Waals surface area (Å²) in [5.41, 5.74) is -0.537. The van der Waals surface area contributed by atoms with Crippen molar-refractivity contribution in [1.29, 1.82) is 0 Å². The van der Waals surface area contributed by atoms with Crippen LogP contribution >= 0.6 is 0 Å². The summed E-state index contributed by atoms with van der Waals surface area (Å²) in [6.07, 6.45) is 0. The Labute approximate surface area is 119 Å². The highest BCUT2D eigenvalue weighted by Crippen LogP contribution is 2.31. The zero-order chi connectivity index (χ0) is 15.4. The Morgan fingerprint density at radius 1 is 1.24 bits per heavy atom. The van der Waals surface area contributed by atoms with E-state index in [9.17, 15) is 24.0 Å². The smallest absolute Gasteiger partial charge is 0.327 e. The third-order valence-electron chi connectivity index (χ3n) is 2.93. The van der Waals surface area contributed by atoms with Crippen LogP contribution in [0.25, 0.3) is 0 Å². The highest BCUT2D eigenvalue weighted by atomic mass is 19.1. The fourth-order valence-electron chi connectivity index (χ4n) is 1.97. The van der Waals surface area contributed by atoms with Gasteiger partial charge in [0, 0.05) is 12.1 Å². The summed E-state index contributed by atoms with van der Waals surface area (Å²) < 4.78 is 26.8. The Bertz CT molecular complexity index is 650. The molecule has 2 aromatic carbocycles. The monoisotopic (exact) mass is 294 g/mol. The molecule has 0 aliphatic rings. The second-order valence-electron chi connectivity index (χ2n) is 4.33. The van der Waals surface area contributed by atoms with Crippen molar-refractivity contribution >= 4 is 11.4 Å². The first-order chi connectivity index (χ1) is 10.0. The van der Waals surface area contributed by atoms with Crippen molar-refractivity contribution in [3.05, 3.63) is 69.8 Å². The Hall–Kier alpha value is -2.54. The van der Waals surface area contributed by atoms with Crippen molar-refractivity contribution in [1.82, 2.24) is 0 Å². The van der Waals surface area contributed by atoms with E-state index in [2.05, 4.69) is 5.32 Å². The largest absolute Gasteiger partial charge is 0.394 e. The lowest BCUT2D eigenvalue weighted by atomic mass is 10.1. The Kier molecular flexibility index (Phi) is 4.44. The van der Waals surface area contributed by atoms with E-state index in [-0.39, 0.29) is 12.3 Å². The van der Waals surface area contributed by atoms with Gasteiger partial charge in [-0.2, -0.15) is 4.39 Å². The van der Waals surface area contributed by atoms with E-state index < -0.39 is 28.3 Å². The quantitative estimate of drug-likeness (QED) is 0.656. The fraction of sp³-hybridized carbons (Fsp3) is 0.143. The molecule has 5 nitrogen and oxygen atoms in total. The molecule has 0 radical (unpaired) electrons. The number of anilines is 1. The molecular weight excluding hydrogens is 282 g/mol. The number of aliphatic hydroxyl groups excluding tert-OH is 1. The molecule has 110 valence electrons. The molecule has 0 aliphatic carbocycles. The van der Waals surface area contributed by atoms with E-state index in [1.807, 2.05) is 0 Å². The van der Waals surface area contributed by atoms with Crippen LogP contribution in [0, 0.1) is 21.7 Å². The lowest BCUT2D eigenvalue weighted by molar-refractivity contribution is -0.386. The molecule has 0 spiro atoms. The van der Waals surface area contributed by atoms with Crippen LogP contribution in [0.5, 0.6) is 0 Å². The number of hydrogen-bond acceptors (Lipinski definition) is 4. The van der Waals surface area contributed by atoms with Gasteiger partial charge in [0.15, 0.2) is 0 Å². The number of rotatable bonds is 5. The number of nitro groups is 1. The summed E-state index contributed by atoms with van der Waals surface area (Å²) in [7, 11) is 0. The minimum absolute atomic E-state index is 0.319. The first kappa shape index (κ1) is 14.9. The van der Waals surface area contributed by atoms with Crippen LogP contribution in [0.15, 0.2) is 42.5 Å². The van der Waals surface area contributed by atoms with Crippen molar-refractivity contribution < 1.29 is 18.8 Å². The molecule has 0 aromatic heterocycles. The number of aliphatic hydroxyl groups is 1. The zero-order valence-electron chi connectivity index (χ0n) is 10.8. The van der Waals surface area contributed by atoms with Crippen molar-refractivity contribution in [2.24, 2.45) is 0 Å². The van der Waals surface area contributed by atoms with E-state index in [0.29, 0.717) is 11.6 Å². The van der Waals surface area contributed by atoms with Crippen LogP contribution in [-0.4, -0.2) is 16.6 Å². The number of nitrogens with one attached hydrogen (secondary N) is 1. The molecule has 0 saturated carbocycles. The maximum atomic E-state index is 13.5. The summed E-state index contributed by atoms with van der Waals surface area (Å²) in [6, 6.07) is 9.14. The number of nitrogens with zero attached hydrogens (tertiary/aromatic N) is 1. The average molecular weight is 294 g/mol. The first-order valence-corrected chi connectivity index (χ1v) is 6.08. The zero-order valence-corrected chi connectivity index (χ0v) is 10.8. The molecule has 0 heterocycles. The van der Waals surface area contributed by atoms with Crippen LogP contribution in [-0.2, 0) is 0 Å². The van der Waals surface area contributed by atoms with E-state index in [0.717, 1.165) is 6.07 Å². The standard InChI is InChI=1S/C14H12F2N2O3/c15-10-6-11(16)14(18(20)21)12(7-10)17-13(8-19)9-4-2-1-3-5-9/h1-7,13,17,19H,8H2. The SMILES string of the molecule is O=[N+]([O-])c1c(F)cc(F)cc1NC(CO)c1ccccc1. The first-order valence-electron chi connectivity index (χ1n) is 6.08. The summed E-state index contributed by atoms with van der Waals surface area (Å²) in [5, 5.41) is 22.9. The molecule has 0 aliphatic heterocycles. The van der Waals surface area contributed by atoms with E-state index in [4.69, 9.17) is 0 Å². The molecule has 0 bridgehead atoms. The van der Waals surface area contributed by atoms with Gasteiger partial charge in [-0.05, 0) is 5.56 Å². The van der Waals surface area contributed by atoms with Gasteiger partial charge < -0.3 is 10.4 Å². The number of nitro benzene ring substituents is 1. The Morgan fingerprint density at radius 3 is 2.48 bits per heavy atom. The lowest BCUT2D eigenvalue weighted by Gasteiger charge is -2.18. The maximum Gasteiger partial charge on any atom is 0.327 e. The van der Waals surface area contributed by atoms with Gasteiger partial charge in [-0.15, -0.1) is 0 Å². The predicted octanol–water partition coefficient (Wildman–Crippen LogP) is 3.02. The number of hydrogen-bond donors (Lipinski definition) is 2. The molecule has 1 unspecified atom stereocenters. The summed E-state index contributed by atoms with van der Waals surface area (Å²) in [6.45, 7) is -0.390. The van der Waals surface area contributed by atoms with Gasteiger partial charge in [0.25, 0.3) is 0 Å². The molecule has 2 aromatic rings. The molecule has 1 atom stereocenters. The van der Waals surface area contributed by atoms with Crippen molar-refractivity contribution in [2.45, 2.75) is 6.04 Å². The van der Waals surface area contributed by atoms with Crippen LogP contribution in [0.2, 0.25) is 0 Å². The van der Waals surface area contributed by atoms with Gasteiger partial charge in [-0.3, -0.25) is 10.1 Å². The van der Waals surface area contributed by atoms with Gasteiger partial charge in [-0.1, -0.05) is 30.3 Å². The summed E-state index contributed by atoms with van der Waals surface area (Å²) in [5.74, 6) is -2.21. The van der Waals surface area contributed by atoms with Gasteiger partial charge in [0.2, 0.25) is 5.82 Å². The van der Waals surface area contributed by atoms with Crippen molar-refractivity contribution in [2.75, 3.05) is 11.9 Å². The molecule has 0 fully saturated rings. The second-order valence-corrected chi connectivity index (χ2v) is 4.33. The predicted molar refractivity (Wildman–Crippen MR) is 72.9 cm³/mol. The van der Waals surface area contributed by atoms with Crippen LogP contribution in [0.3, 0.4) is 0 Å². The van der Waals surface area contributed by atoms with Crippen LogP contribution in [0.4, 0.5) is 20.2 Å². The summed E-state index contributed by atoms with van der Waals surface area (Å²) >= 11 is 0. The van der Waals surface area contributed by atoms with E-state index in [1.54, 1.807) is 30.3 Å². The Balaban J connectivity index is 2.40. The molecule has 2 rings (SSSR count). The summed E-state index contributed by atoms with van der Waals surface area (Å²) in [4.78, 5) is 9.97. The van der Waals surface area contributed by atoms with Crippen molar-refractivity contribution in [3.8, 4) is 0 Å². The minimum Gasteiger partial charge on any atom is -0.394 e. The van der Waals surface area contributed by atoms with Crippen molar-refractivity contribution in [3.63, 3.8) is 0 Å². The van der Waals surface area contributed by atoms with Gasteiger partial charge in [0.05, 0.1) is 17.6 Å². The molecule has 2 N–H and O–H groups in total. The molecule has 21 heavy (non-hydrogen) atoms. The third kappa shape index (κ3) is 3.32. The van der Waals surface area contributed by atoms with Crippen LogP contribution < -0.4 is 5.32 Å². The fourth-order valence-corrected chi connectivity index (χ4v) is 1.97. The highest BCUT2D eigenvalue weighted by molar-refractivity contribution is 5.63. The van der Waals surface area contributed by atoms with Gasteiger partial charge >= 0.3 is 5.69 Å². The number of benzene rings is 2. The second kappa shape index (κ2) is 6.27. The molecular formula is C14H12F2N2O3. The maximum absolute atomic E-state index is 13.5. The number of halogens is 2. The van der Waals surface area contributed by atoms with E-state index >= 15 is 0 Å². The Morgan fingerprint density at radius 2 is 1.90 bits per heavy atom. The molecule has 0 amide bonds. The lowest BCUT2D eigenvalue weighted by Crippen LogP contribution is -2.16. The van der Waals surface area contributed by atoms with Crippen LogP contribution in [0.1, 0.15) is 11.6 Å². The average Bonchev–Trinajstić information content (AvgIpc) is 2.44. The van der Waals surface area contributed by atoms with Gasteiger partial charge in [0.1, 0.15) is 11.5 Å². The van der Waals surface area contributed by atoms with Gasteiger partial charge in [-0.25, -0.2) is 4.39 Å². The minimum atomic E-state index is -1.27. The topological polar surface area (TPSA) is 75.4 Å². The molecule has 7 heteroatoms. The van der Waals surface area contributed by atoms with E-state index in [1.165, 1.54) is 0 Å². The normalized spacial score (nSPS) is 12.0. The molecule has 0 saturated heterocycles. The highest BCUT2D eigenvalue weighted by Gasteiger charge is 2.24.